The van der Waals surface area contributed by atoms with E-state index in [1.807, 2.05) is 0 Å². The molecule has 0 aromatic carbocycles. The maximum absolute atomic E-state index is 11.4. The number of nitrogens with zero attached hydrogens (tertiary/aromatic N) is 2. The lowest BCUT2D eigenvalue weighted by Gasteiger charge is -1.98. The highest BCUT2D eigenvalue weighted by Crippen LogP contribution is 2.12. The smallest absolute Gasteiger partial charge is 0.230 e. The van der Waals surface area contributed by atoms with Crippen molar-refractivity contribution in [3.8, 4) is 0 Å². The molecule has 15 heavy (non-hydrogen) atoms. The molecule has 0 aliphatic carbocycles. The minimum atomic E-state index is -0.177. The fourth-order valence-electron chi connectivity index (χ4n) is 1.04. The zero-order valence-electron chi connectivity index (χ0n) is 7.64. The van der Waals surface area contributed by atoms with Crippen molar-refractivity contribution >= 4 is 28.1 Å². The SMILES string of the molecule is Nc1nc(CC(=O)Nc2cnoc2)cs1. The van der Waals surface area contributed by atoms with Gasteiger partial charge in [0.15, 0.2) is 5.13 Å². The number of carbonyl (C=O) groups excluding carboxylic acids is 1. The second-order valence-electron chi connectivity index (χ2n) is 2.82. The van der Waals surface area contributed by atoms with Crippen LogP contribution >= 0.6 is 11.3 Å². The van der Waals surface area contributed by atoms with Gasteiger partial charge in [-0.25, -0.2) is 4.98 Å². The third kappa shape index (κ3) is 2.53. The minimum Gasteiger partial charge on any atom is -0.375 e. The van der Waals surface area contributed by atoms with Crippen molar-refractivity contribution in [2.24, 2.45) is 0 Å². The molecule has 0 saturated heterocycles. The Morgan fingerprint density at radius 3 is 3.13 bits per heavy atom. The van der Waals surface area contributed by atoms with E-state index in [-0.39, 0.29) is 12.3 Å². The number of nitrogens with two attached hydrogens (primary N) is 1. The lowest BCUT2D eigenvalue weighted by molar-refractivity contribution is -0.115. The second kappa shape index (κ2) is 4.09. The highest BCUT2D eigenvalue weighted by molar-refractivity contribution is 7.13. The number of aromatic nitrogens is 2. The van der Waals surface area contributed by atoms with Gasteiger partial charge in [-0.15, -0.1) is 11.3 Å². The molecule has 3 N–H and O–H groups in total. The van der Waals surface area contributed by atoms with Crippen molar-refractivity contribution in [3.63, 3.8) is 0 Å². The molecule has 7 heteroatoms. The predicted molar refractivity (Wildman–Crippen MR) is 55.4 cm³/mol. The van der Waals surface area contributed by atoms with E-state index >= 15 is 0 Å². The topological polar surface area (TPSA) is 94.0 Å². The molecule has 78 valence electrons. The Kier molecular flexibility index (Phi) is 2.64. The number of hydrogen-bond donors (Lipinski definition) is 2. The van der Waals surface area contributed by atoms with Crippen molar-refractivity contribution in [3.05, 3.63) is 23.5 Å². The number of hydrogen-bond acceptors (Lipinski definition) is 6. The molecule has 0 aliphatic heterocycles. The number of rotatable bonds is 3. The Morgan fingerprint density at radius 2 is 2.53 bits per heavy atom. The van der Waals surface area contributed by atoms with Gasteiger partial charge >= 0.3 is 0 Å². The van der Waals surface area contributed by atoms with Gasteiger partial charge < -0.3 is 15.6 Å². The molecular weight excluding hydrogens is 216 g/mol. The third-order valence-corrected chi connectivity index (χ3v) is 2.35. The van der Waals surface area contributed by atoms with Crippen molar-refractivity contribution < 1.29 is 9.32 Å². The summed E-state index contributed by atoms with van der Waals surface area (Å²) in [5, 5.41) is 8.28. The zero-order chi connectivity index (χ0) is 10.7. The molecule has 0 saturated carbocycles. The van der Waals surface area contributed by atoms with Crippen LogP contribution in [0.3, 0.4) is 0 Å². The second-order valence-corrected chi connectivity index (χ2v) is 3.70. The summed E-state index contributed by atoms with van der Waals surface area (Å²) in [5.41, 5.74) is 6.63. The maximum Gasteiger partial charge on any atom is 0.230 e. The van der Waals surface area contributed by atoms with Crippen molar-refractivity contribution in [1.29, 1.82) is 0 Å². The predicted octanol–water partition coefficient (Wildman–Crippen LogP) is 0.894. The van der Waals surface area contributed by atoms with Gasteiger partial charge in [0.2, 0.25) is 5.91 Å². The van der Waals surface area contributed by atoms with Crippen molar-refractivity contribution in [2.75, 3.05) is 11.1 Å². The first-order chi connectivity index (χ1) is 7.24. The Balaban J connectivity index is 1.93. The van der Waals surface area contributed by atoms with E-state index in [1.165, 1.54) is 23.8 Å². The van der Waals surface area contributed by atoms with Crippen LogP contribution in [0.5, 0.6) is 0 Å². The molecule has 6 nitrogen and oxygen atoms in total. The lowest BCUT2D eigenvalue weighted by Crippen LogP contribution is -2.14. The minimum absolute atomic E-state index is 0.177. The highest BCUT2D eigenvalue weighted by atomic mass is 32.1. The lowest BCUT2D eigenvalue weighted by atomic mass is 10.3. The number of nitrogens with one attached hydrogen (secondary N) is 1. The number of carbonyl (C=O) groups is 1. The van der Waals surface area contributed by atoms with Crippen LogP contribution in [0.2, 0.25) is 0 Å². The summed E-state index contributed by atoms with van der Waals surface area (Å²) in [6.07, 6.45) is 2.97. The van der Waals surface area contributed by atoms with Crippen molar-refractivity contribution in [1.82, 2.24) is 10.1 Å². The first kappa shape index (κ1) is 9.66. The molecule has 0 radical (unpaired) electrons. The van der Waals surface area contributed by atoms with E-state index in [0.717, 1.165) is 0 Å². The van der Waals surface area contributed by atoms with Crippen LogP contribution in [-0.4, -0.2) is 16.0 Å². The molecule has 0 atom stereocenters. The largest absolute Gasteiger partial charge is 0.375 e. The Morgan fingerprint density at radius 1 is 1.67 bits per heavy atom. The van der Waals surface area contributed by atoms with Gasteiger partial charge in [-0.05, 0) is 0 Å². The summed E-state index contributed by atoms with van der Waals surface area (Å²) in [7, 11) is 0. The molecule has 2 heterocycles. The van der Waals surface area contributed by atoms with Gasteiger partial charge in [0.1, 0.15) is 12.0 Å². The van der Waals surface area contributed by atoms with E-state index in [4.69, 9.17) is 5.73 Å². The fraction of sp³-hybridized carbons (Fsp3) is 0.125. The van der Waals surface area contributed by atoms with E-state index in [2.05, 4.69) is 20.0 Å². The molecule has 1 amide bonds. The molecule has 2 rings (SSSR count). The monoisotopic (exact) mass is 224 g/mol. The molecule has 0 fully saturated rings. The van der Waals surface area contributed by atoms with Crippen LogP contribution in [0.4, 0.5) is 10.8 Å². The van der Waals surface area contributed by atoms with Crippen LogP contribution in [0, 0.1) is 0 Å². The summed E-state index contributed by atoms with van der Waals surface area (Å²) >= 11 is 1.31. The van der Waals surface area contributed by atoms with E-state index < -0.39 is 0 Å². The summed E-state index contributed by atoms with van der Waals surface area (Å²) in [5.74, 6) is -0.177. The number of thiazole rings is 1. The van der Waals surface area contributed by atoms with Gasteiger partial charge in [-0.3, -0.25) is 4.79 Å². The van der Waals surface area contributed by atoms with Gasteiger partial charge in [0.05, 0.1) is 18.3 Å². The fourth-order valence-corrected chi connectivity index (χ4v) is 1.60. The van der Waals surface area contributed by atoms with Crippen LogP contribution < -0.4 is 11.1 Å². The van der Waals surface area contributed by atoms with Gasteiger partial charge in [-0.2, -0.15) is 0 Å². The quantitative estimate of drug-likeness (QED) is 0.807. The molecule has 0 spiro atoms. The first-order valence-electron chi connectivity index (χ1n) is 4.13. The summed E-state index contributed by atoms with van der Waals surface area (Å²) in [6.45, 7) is 0. The zero-order valence-corrected chi connectivity index (χ0v) is 8.45. The molecule has 2 aromatic rings. The summed E-state index contributed by atoms with van der Waals surface area (Å²) < 4.78 is 4.57. The molecule has 0 unspecified atom stereocenters. The van der Waals surface area contributed by atoms with Crippen LogP contribution in [-0.2, 0) is 11.2 Å². The average molecular weight is 224 g/mol. The van der Waals surface area contributed by atoms with E-state index in [1.54, 1.807) is 5.38 Å². The first-order valence-corrected chi connectivity index (χ1v) is 5.01. The molecule has 0 bridgehead atoms. The Bertz CT molecular complexity index is 451. The molecule has 2 aromatic heterocycles. The number of nitrogen functional groups attached to an aromatic ring is 1. The summed E-state index contributed by atoms with van der Waals surface area (Å²) in [6, 6.07) is 0. The Labute approximate surface area is 89.1 Å². The average Bonchev–Trinajstić information content (AvgIpc) is 2.77. The third-order valence-electron chi connectivity index (χ3n) is 1.63. The number of anilines is 2. The molecular formula is C8H8N4O2S. The van der Waals surface area contributed by atoms with Crippen LogP contribution in [0.1, 0.15) is 5.69 Å². The van der Waals surface area contributed by atoms with Crippen LogP contribution in [0.15, 0.2) is 22.4 Å². The van der Waals surface area contributed by atoms with Gasteiger partial charge in [-0.1, -0.05) is 5.16 Å². The van der Waals surface area contributed by atoms with E-state index in [9.17, 15) is 4.79 Å². The standard InChI is InChI=1S/C8H8N4O2S/c9-8-12-5(4-15-8)1-7(13)11-6-2-10-14-3-6/h2-4H,1H2,(H2,9,12)(H,11,13). The molecule has 0 aliphatic rings. The van der Waals surface area contributed by atoms with Gasteiger partial charge in [0.25, 0.3) is 0 Å². The normalized spacial score (nSPS) is 10.1. The van der Waals surface area contributed by atoms with Crippen LogP contribution in [0.25, 0.3) is 0 Å². The number of amides is 1. The maximum atomic E-state index is 11.4. The highest BCUT2D eigenvalue weighted by Gasteiger charge is 2.07. The Hall–Kier alpha value is -1.89. The summed E-state index contributed by atoms with van der Waals surface area (Å²) in [4.78, 5) is 15.4. The van der Waals surface area contributed by atoms with Crippen molar-refractivity contribution in [2.45, 2.75) is 6.42 Å². The van der Waals surface area contributed by atoms with E-state index in [0.29, 0.717) is 16.5 Å². The van der Waals surface area contributed by atoms with Gasteiger partial charge in [0, 0.05) is 5.38 Å².